The van der Waals surface area contributed by atoms with Crippen LogP contribution in [0.3, 0.4) is 0 Å². The van der Waals surface area contributed by atoms with Gasteiger partial charge in [0.1, 0.15) is 10.7 Å². The third kappa shape index (κ3) is 4.13. The summed E-state index contributed by atoms with van der Waals surface area (Å²) in [6, 6.07) is 2.09. The Hall–Kier alpha value is -0.700. The Morgan fingerprint density at radius 3 is 2.58 bits per heavy atom. The normalized spacial score (nSPS) is 12.7. The van der Waals surface area contributed by atoms with Crippen molar-refractivity contribution in [1.82, 2.24) is 4.72 Å². The van der Waals surface area contributed by atoms with E-state index in [9.17, 15) is 12.8 Å². The molecular weight excluding hydrogens is 339 g/mol. The molecule has 108 valence electrons. The number of hydrogen-bond donors (Lipinski definition) is 2. The van der Waals surface area contributed by atoms with Crippen LogP contribution in [0.1, 0.15) is 13.8 Å². The molecule has 8 heteroatoms. The van der Waals surface area contributed by atoms with Crippen molar-refractivity contribution in [2.75, 3.05) is 19.4 Å². The molecule has 0 saturated heterocycles. The molecule has 0 amide bonds. The standard InChI is InChI=1S/C11H16BrFN2O3S/c1-11(2,18-3)6-15-19(16,17)10-4-7(12)8(13)5-9(10)14/h4-5,15H,6,14H2,1-3H3. The number of ether oxygens (including phenoxy) is 1. The molecule has 0 fully saturated rings. The van der Waals surface area contributed by atoms with E-state index >= 15 is 0 Å². The summed E-state index contributed by atoms with van der Waals surface area (Å²) in [5.41, 5.74) is 4.73. The molecule has 0 bridgehead atoms. The topological polar surface area (TPSA) is 81.4 Å². The average Bonchev–Trinajstić information content (AvgIpc) is 2.31. The molecule has 0 atom stereocenters. The Labute approximate surface area is 120 Å². The number of methoxy groups -OCH3 is 1. The average molecular weight is 355 g/mol. The number of rotatable bonds is 5. The van der Waals surface area contributed by atoms with E-state index in [0.29, 0.717) is 0 Å². The lowest BCUT2D eigenvalue weighted by Crippen LogP contribution is -2.39. The molecule has 0 spiro atoms. The zero-order valence-electron chi connectivity index (χ0n) is 10.8. The van der Waals surface area contributed by atoms with E-state index in [1.54, 1.807) is 13.8 Å². The first-order valence-electron chi connectivity index (χ1n) is 5.38. The van der Waals surface area contributed by atoms with Gasteiger partial charge < -0.3 is 10.5 Å². The molecule has 0 unspecified atom stereocenters. The summed E-state index contributed by atoms with van der Waals surface area (Å²) in [7, 11) is -2.34. The lowest BCUT2D eigenvalue weighted by molar-refractivity contribution is 0.0276. The lowest BCUT2D eigenvalue weighted by Gasteiger charge is -2.23. The number of nitrogens with two attached hydrogens (primary N) is 1. The van der Waals surface area contributed by atoms with Crippen molar-refractivity contribution in [3.63, 3.8) is 0 Å². The first-order chi connectivity index (χ1) is 8.59. The minimum absolute atomic E-state index is 0.0353. The number of sulfonamides is 1. The van der Waals surface area contributed by atoms with Gasteiger partial charge in [0.15, 0.2) is 0 Å². The summed E-state index contributed by atoms with van der Waals surface area (Å²) in [6.07, 6.45) is 0. The van der Waals surface area contributed by atoms with Crippen molar-refractivity contribution >= 4 is 31.6 Å². The zero-order valence-corrected chi connectivity index (χ0v) is 13.2. The minimum atomic E-state index is -3.83. The number of nitrogens with one attached hydrogen (secondary N) is 1. The highest BCUT2D eigenvalue weighted by atomic mass is 79.9. The zero-order chi connectivity index (χ0) is 14.8. The monoisotopic (exact) mass is 354 g/mol. The predicted octanol–water partition coefficient (Wildman–Crippen LogP) is 1.87. The van der Waals surface area contributed by atoms with Crippen LogP contribution in [-0.2, 0) is 14.8 Å². The summed E-state index contributed by atoms with van der Waals surface area (Å²) in [4.78, 5) is -0.173. The molecule has 1 aromatic rings. The van der Waals surface area contributed by atoms with E-state index in [-0.39, 0.29) is 21.6 Å². The molecule has 0 aliphatic heterocycles. The Balaban J connectivity index is 3.05. The van der Waals surface area contributed by atoms with Crippen LogP contribution in [0, 0.1) is 5.82 Å². The van der Waals surface area contributed by atoms with Crippen LogP contribution >= 0.6 is 15.9 Å². The van der Waals surface area contributed by atoms with Crippen molar-refractivity contribution in [3.05, 3.63) is 22.4 Å². The van der Waals surface area contributed by atoms with Crippen molar-refractivity contribution in [1.29, 1.82) is 0 Å². The highest BCUT2D eigenvalue weighted by molar-refractivity contribution is 9.10. The predicted molar refractivity (Wildman–Crippen MR) is 74.8 cm³/mol. The summed E-state index contributed by atoms with van der Waals surface area (Å²) < 4.78 is 44.9. The number of nitrogen functional groups attached to an aromatic ring is 1. The molecule has 0 heterocycles. The van der Waals surface area contributed by atoms with E-state index in [4.69, 9.17) is 10.5 Å². The Bertz CT molecular complexity index is 576. The molecule has 0 radical (unpaired) electrons. The van der Waals surface area contributed by atoms with Gasteiger partial charge >= 0.3 is 0 Å². The Morgan fingerprint density at radius 1 is 1.47 bits per heavy atom. The lowest BCUT2D eigenvalue weighted by atomic mass is 10.1. The summed E-state index contributed by atoms with van der Waals surface area (Å²) in [6.45, 7) is 3.54. The van der Waals surface area contributed by atoms with Gasteiger partial charge in [0.2, 0.25) is 10.0 Å². The van der Waals surface area contributed by atoms with Gasteiger partial charge in [-0.1, -0.05) is 0 Å². The minimum Gasteiger partial charge on any atom is -0.398 e. The van der Waals surface area contributed by atoms with Crippen LogP contribution in [0.25, 0.3) is 0 Å². The molecule has 1 rings (SSSR count). The van der Waals surface area contributed by atoms with Gasteiger partial charge in [-0.15, -0.1) is 0 Å². The molecule has 0 aliphatic carbocycles. The van der Waals surface area contributed by atoms with E-state index in [1.807, 2.05) is 0 Å². The first-order valence-corrected chi connectivity index (χ1v) is 7.66. The molecule has 1 aromatic carbocycles. The number of hydrogen-bond acceptors (Lipinski definition) is 4. The maximum absolute atomic E-state index is 13.2. The second kappa shape index (κ2) is 5.74. The smallest absolute Gasteiger partial charge is 0.242 e. The van der Waals surface area contributed by atoms with Crippen molar-refractivity contribution < 1.29 is 17.5 Å². The molecule has 19 heavy (non-hydrogen) atoms. The largest absolute Gasteiger partial charge is 0.398 e. The fourth-order valence-corrected chi connectivity index (χ4v) is 3.03. The number of halogens is 2. The van der Waals surface area contributed by atoms with Gasteiger partial charge in [0.05, 0.1) is 15.8 Å². The van der Waals surface area contributed by atoms with E-state index < -0.39 is 21.4 Å². The van der Waals surface area contributed by atoms with Crippen molar-refractivity contribution in [3.8, 4) is 0 Å². The van der Waals surface area contributed by atoms with Crippen molar-refractivity contribution in [2.24, 2.45) is 0 Å². The van der Waals surface area contributed by atoms with Gasteiger partial charge in [-0.2, -0.15) is 0 Å². The molecule has 5 nitrogen and oxygen atoms in total. The van der Waals surface area contributed by atoms with Crippen molar-refractivity contribution in [2.45, 2.75) is 24.3 Å². The van der Waals surface area contributed by atoms with Crippen LogP contribution in [0.5, 0.6) is 0 Å². The second-order valence-electron chi connectivity index (χ2n) is 4.59. The molecular formula is C11H16BrFN2O3S. The van der Waals surface area contributed by atoms with E-state index in [1.165, 1.54) is 7.11 Å². The molecule has 3 N–H and O–H groups in total. The molecule has 0 aromatic heterocycles. The third-order valence-corrected chi connectivity index (χ3v) is 4.65. The van der Waals surface area contributed by atoms with E-state index in [0.717, 1.165) is 12.1 Å². The Morgan fingerprint density at radius 2 is 2.05 bits per heavy atom. The maximum Gasteiger partial charge on any atom is 0.242 e. The SMILES string of the molecule is COC(C)(C)CNS(=O)(=O)c1cc(Br)c(F)cc1N. The van der Waals surface area contributed by atoms with Crippen LogP contribution in [0.15, 0.2) is 21.5 Å². The fourth-order valence-electron chi connectivity index (χ4n) is 1.20. The quantitative estimate of drug-likeness (QED) is 0.791. The van der Waals surface area contributed by atoms with Crippen LogP contribution in [0.4, 0.5) is 10.1 Å². The maximum atomic E-state index is 13.2. The number of benzene rings is 1. The third-order valence-electron chi connectivity index (χ3n) is 2.58. The summed E-state index contributed by atoms with van der Waals surface area (Å²) in [5, 5.41) is 0. The van der Waals surface area contributed by atoms with Gasteiger partial charge in [0.25, 0.3) is 0 Å². The summed E-state index contributed by atoms with van der Waals surface area (Å²) >= 11 is 2.93. The Kier molecular flexibility index (Phi) is 4.94. The number of anilines is 1. The highest BCUT2D eigenvalue weighted by Crippen LogP contribution is 2.26. The fraction of sp³-hybridized carbons (Fsp3) is 0.455. The van der Waals surface area contributed by atoms with Gasteiger partial charge in [0, 0.05) is 13.7 Å². The molecule has 0 saturated carbocycles. The summed E-state index contributed by atoms with van der Waals surface area (Å²) in [5.74, 6) is -0.617. The molecule has 0 aliphatic rings. The first kappa shape index (κ1) is 16.4. The highest BCUT2D eigenvalue weighted by Gasteiger charge is 2.24. The second-order valence-corrected chi connectivity index (χ2v) is 7.18. The van der Waals surface area contributed by atoms with Gasteiger partial charge in [-0.05, 0) is 41.9 Å². The van der Waals surface area contributed by atoms with Crippen LogP contribution < -0.4 is 10.5 Å². The van der Waals surface area contributed by atoms with Gasteiger partial charge in [-0.25, -0.2) is 17.5 Å². The van der Waals surface area contributed by atoms with E-state index in [2.05, 4.69) is 20.7 Å². The van der Waals surface area contributed by atoms with Crippen LogP contribution in [0.2, 0.25) is 0 Å². The van der Waals surface area contributed by atoms with Crippen LogP contribution in [-0.4, -0.2) is 27.7 Å². The van der Waals surface area contributed by atoms with Gasteiger partial charge in [-0.3, -0.25) is 0 Å².